The molecule has 4 heteroatoms. The zero-order chi connectivity index (χ0) is 12.5. The third-order valence-corrected chi connectivity index (χ3v) is 4.18. The van der Waals surface area contributed by atoms with Crippen LogP contribution in [0.3, 0.4) is 0 Å². The number of hydrogen-bond donors (Lipinski definition) is 2. The highest BCUT2D eigenvalue weighted by Gasteiger charge is 2.53. The van der Waals surface area contributed by atoms with Crippen molar-refractivity contribution in [3.63, 3.8) is 0 Å². The number of aryl methyl sites for hydroxylation is 2. The van der Waals surface area contributed by atoms with E-state index >= 15 is 0 Å². The number of hydrogen-bond acceptors (Lipinski definition) is 2. The summed E-state index contributed by atoms with van der Waals surface area (Å²) >= 11 is 0. The average Bonchev–Trinajstić information content (AvgIpc) is 2.81. The van der Waals surface area contributed by atoms with Crippen LogP contribution in [-0.2, 0) is 11.2 Å². The first kappa shape index (κ1) is 14.4. The molecular formula is C15H21ClN2O. The SMILES string of the molecule is Cc1ccc(CCC(=O)NC2C3CNCC32)cc1.Cl. The summed E-state index contributed by atoms with van der Waals surface area (Å²) in [5.41, 5.74) is 2.51. The van der Waals surface area contributed by atoms with E-state index < -0.39 is 0 Å². The smallest absolute Gasteiger partial charge is 0.220 e. The molecule has 0 spiro atoms. The lowest BCUT2D eigenvalue weighted by Gasteiger charge is -2.07. The molecule has 1 aromatic carbocycles. The molecule has 1 aliphatic carbocycles. The molecule has 1 amide bonds. The maximum atomic E-state index is 11.8. The van der Waals surface area contributed by atoms with Gasteiger partial charge in [0.25, 0.3) is 0 Å². The first-order valence-corrected chi connectivity index (χ1v) is 6.79. The molecule has 3 rings (SSSR count). The van der Waals surface area contributed by atoms with Crippen molar-refractivity contribution in [2.45, 2.75) is 25.8 Å². The largest absolute Gasteiger partial charge is 0.353 e. The Kier molecular flexibility index (Phi) is 4.48. The van der Waals surface area contributed by atoms with Gasteiger partial charge in [0.05, 0.1) is 0 Å². The van der Waals surface area contributed by atoms with Gasteiger partial charge in [-0.2, -0.15) is 0 Å². The second-order valence-electron chi connectivity index (χ2n) is 5.56. The van der Waals surface area contributed by atoms with Crippen molar-refractivity contribution in [3.05, 3.63) is 35.4 Å². The number of piperidine rings is 1. The summed E-state index contributed by atoms with van der Waals surface area (Å²) in [5.74, 6) is 1.61. The lowest BCUT2D eigenvalue weighted by molar-refractivity contribution is -0.121. The van der Waals surface area contributed by atoms with E-state index in [2.05, 4.69) is 41.8 Å². The second-order valence-corrected chi connectivity index (χ2v) is 5.56. The number of carbonyl (C=O) groups excluding carboxylic acids is 1. The fourth-order valence-corrected chi connectivity index (χ4v) is 2.90. The van der Waals surface area contributed by atoms with Gasteiger partial charge in [0, 0.05) is 25.6 Å². The topological polar surface area (TPSA) is 41.1 Å². The Morgan fingerprint density at radius 2 is 1.89 bits per heavy atom. The normalized spacial score (nSPS) is 27.3. The van der Waals surface area contributed by atoms with E-state index in [0.29, 0.717) is 24.3 Å². The molecule has 1 saturated heterocycles. The van der Waals surface area contributed by atoms with Crippen LogP contribution in [0, 0.1) is 18.8 Å². The summed E-state index contributed by atoms with van der Waals surface area (Å²) < 4.78 is 0. The van der Waals surface area contributed by atoms with Crippen LogP contribution in [-0.4, -0.2) is 25.0 Å². The van der Waals surface area contributed by atoms with Gasteiger partial charge in [-0.15, -0.1) is 12.4 Å². The van der Waals surface area contributed by atoms with Crippen molar-refractivity contribution >= 4 is 18.3 Å². The van der Waals surface area contributed by atoms with Crippen LogP contribution in [0.25, 0.3) is 0 Å². The number of fused-ring (bicyclic) bond motifs is 1. The Labute approximate surface area is 120 Å². The van der Waals surface area contributed by atoms with Crippen molar-refractivity contribution < 1.29 is 4.79 Å². The van der Waals surface area contributed by atoms with Gasteiger partial charge in [-0.1, -0.05) is 29.8 Å². The molecule has 3 nitrogen and oxygen atoms in total. The van der Waals surface area contributed by atoms with Gasteiger partial charge < -0.3 is 10.6 Å². The van der Waals surface area contributed by atoms with E-state index in [9.17, 15) is 4.79 Å². The van der Waals surface area contributed by atoms with E-state index in [4.69, 9.17) is 0 Å². The summed E-state index contributed by atoms with van der Waals surface area (Å²) in [6.45, 7) is 4.23. The third kappa shape index (κ3) is 3.28. The minimum atomic E-state index is 0. The van der Waals surface area contributed by atoms with Crippen molar-refractivity contribution in [3.8, 4) is 0 Å². The summed E-state index contributed by atoms with van der Waals surface area (Å²) in [7, 11) is 0. The molecule has 1 heterocycles. The van der Waals surface area contributed by atoms with E-state index in [1.807, 2.05) is 0 Å². The van der Waals surface area contributed by atoms with Crippen LogP contribution in [0.4, 0.5) is 0 Å². The number of carbonyl (C=O) groups is 1. The van der Waals surface area contributed by atoms with Gasteiger partial charge in [-0.25, -0.2) is 0 Å². The van der Waals surface area contributed by atoms with E-state index in [0.717, 1.165) is 19.5 Å². The highest BCUT2D eigenvalue weighted by atomic mass is 35.5. The van der Waals surface area contributed by atoms with E-state index in [1.165, 1.54) is 11.1 Å². The van der Waals surface area contributed by atoms with Crippen molar-refractivity contribution in [1.29, 1.82) is 0 Å². The molecular weight excluding hydrogens is 260 g/mol. The van der Waals surface area contributed by atoms with Crippen molar-refractivity contribution in [2.24, 2.45) is 11.8 Å². The van der Waals surface area contributed by atoms with Crippen molar-refractivity contribution in [1.82, 2.24) is 10.6 Å². The molecule has 2 aliphatic rings. The Hall–Kier alpha value is -1.06. The van der Waals surface area contributed by atoms with Gasteiger partial charge in [0.2, 0.25) is 5.91 Å². The Morgan fingerprint density at radius 1 is 1.26 bits per heavy atom. The van der Waals surface area contributed by atoms with E-state index in [1.54, 1.807) is 0 Å². The molecule has 1 aromatic rings. The van der Waals surface area contributed by atoms with Crippen LogP contribution in [0.15, 0.2) is 24.3 Å². The average molecular weight is 281 g/mol. The van der Waals surface area contributed by atoms with Crippen LogP contribution in [0.5, 0.6) is 0 Å². The molecule has 1 aliphatic heterocycles. The highest BCUT2D eigenvalue weighted by molar-refractivity contribution is 5.85. The van der Waals surface area contributed by atoms with Gasteiger partial charge in [-0.05, 0) is 30.7 Å². The van der Waals surface area contributed by atoms with Gasteiger partial charge in [-0.3, -0.25) is 4.79 Å². The van der Waals surface area contributed by atoms with E-state index in [-0.39, 0.29) is 18.3 Å². The number of rotatable bonds is 4. The molecule has 19 heavy (non-hydrogen) atoms. The molecule has 2 fully saturated rings. The lowest BCUT2D eigenvalue weighted by Crippen LogP contribution is -2.32. The molecule has 2 unspecified atom stereocenters. The first-order chi connectivity index (χ1) is 8.74. The quantitative estimate of drug-likeness (QED) is 0.881. The standard InChI is InChI=1S/C15H20N2O.ClH/c1-10-2-4-11(5-3-10)6-7-14(18)17-15-12-8-16-9-13(12)15;/h2-5,12-13,15-16H,6-9H2,1H3,(H,17,18);1H. The lowest BCUT2D eigenvalue weighted by atomic mass is 10.1. The Bertz CT molecular complexity index is 436. The maximum absolute atomic E-state index is 11.8. The first-order valence-electron chi connectivity index (χ1n) is 6.79. The Balaban J connectivity index is 0.00000133. The summed E-state index contributed by atoms with van der Waals surface area (Å²) in [5, 5.41) is 6.50. The monoisotopic (exact) mass is 280 g/mol. The molecule has 0 bridgehead atoms. The molecule has 0 aromatic heterocycles. The van der Waals surface area contributed by atoms with Crippen LogP contribution >= 0.6 is 12.4 Å². The molecule has 0 radical (unpaired) electrons. The molecule has 1 saturated carbocycles. The molecule has 2 N–H and O–H groups in total. The minimum Gasteiger partial charge on any atom is -0.353 e. The van der Waals surface area contributed by atoms with Crippen LogP contribution in [0.1, 0.15) is 17.5 Å². The fraction of sp³-hybridized carbons (Fsp3) is 0.533. The fourth-order valence-electron chi connectivity index (χ4n) is 2.90. The maximum Gasteiger partial charge on any atom is 0.220 e. The highest BCUT2D eigenvalue weighted by Crippen LogP contribution is 2.41. The molecule has 2 atom stereocenters. The Morgan fingerprint density at radius 3 is 2.53 bits per heavy atom. The second kappa shape index (κ2) is 5.93. The number of nitrogens with one attached hydrogen (secondary N) is 2. The van der Waals surface area contributed by atoms with Gasteiger partial charge >= 0.3 is 0 Å². The van der Waals surface area contributed by atoms with Gasteiger partial charge in [0.1, 0.15) is 0 Å². The minimum absolute atomic E-state index is 0. The molecule has 104 valence electrons. The summed E-state index contributed by atoms with van der Waals surface area (Å²) in [6.07, 6.45) is 1.44. The summed E-state index contributed by atoms with van der Waals surface area (Å²) in [4.78, 5) is 11.8. The zero-order valence-electron chi connectivity index (χ0n) is 11.2. The van der Waals surface area contributed by atoms with Crippen LogP contribution < -0.4 is 10.6 Å². The van der Waals surface area contributed by atoms with Crippen LogP contribution in [0.2, 0.25) is 0 Å². The summed E-state index contributed by atoms with van der Waals surface area (Å²) in [6, 6.07) is 8.88. The number of benzene rings is 1. The zero-order valence-corrected chi connectivity index (χ0v) is 12.0. The number of amides is 1. The number of halogens is 1. The van der Waals surface area contributed by atoms with Gasteiger partial charge in [0.15, 0.2) is 0 Å². The van der Waals surface area contributed by atoms with Crippen molar-refractivity contribution in [2.75, 3.05) is 13.1 Å². The predicted molar refractivity (Wildman–Crippen MR) is 78.5 cm³/mol. The third-order valence-electron chi connectivity index (χ3n) is 4.18. The predicted octanol–water partition coefficient (Wildman–Crippen LogP) is 1.68.